The summed E-state index contributed by atoms with van der Waals surface area (Å²) in [5.41, 5.74) is 7.72. The molecular formula is C17H26N4O2S. The first kappa shape index (κ1) is 17.1. The minimum atomic E-state index is -3.12. The maximum Gasteiger partial charge on any atom is 0.235 e. The molecule has 132 valence electrons. The normalized spacial score (nSPS) is 21.8. The second-order valence-corrected chi connectivity index (χ2v) is 8.60. The van der Waals surface area contributed by atoms with Crippen molar-refractivity contribution in [3.8, 4) is 0 Å². The zero-order chi connectivity index (χ0) is 17.0. The highest BCUT2D eigenvalue weighted by Gasteiger charge is 2.28. The molecule has 1 aliphatic carbocycles. The predicted molar refractivity (Wildman–Crippen MR) is 97.5 cm³/mol. The monoisotopic (exact) mass is 350 g/mol. The molecule has 0 unspecified atom stereocenters. The van der Waals surface area contributed by atoms with Crippen LogP contribution in [0.2, 0.25) is 0 Å². The van der Waals surface area contributed by atoms with Crippen molar-refractivity contribution in [2.75, 3.05) is 16.6 Å². The van der Waals surface area contributed by atoms with Crippen LogP contribution in [0.1, 0.15) is 44.1 Å². The Bertz CT molecular complexity index is 679. The van der Waals surface area contributed by atoms with E-state index in [1.807, 2.05) is 24.3 Å². The van der Waals surface area contributed by atoms with E-state index in [-0.39, 0.29) is 5.75 Å². The number of anilines is 1. The minimum Gasteiger partial charge on any atom is -0.370 e. The van der Waals surface area contributed by atoms with Crippen LogP contribution in [0.5, 0.6) is 0 Å². The van der Waals surface area contributed by atoms with Crippen molar-refractivity contribution in [3.63, 3.8) is 0 Å². The third-order valence-corrected chi connectivity index (χ3v) is 6.58. The molecule has 24 heavy (non-hydrogen) atoms. The molecule has 2 fully saturated rings. The van der Waals surface area contributed by atoms with Gasteiger partial charge >= 0.3 is 0 Å². The topological polar surface area (TPSA) is 87.8 Å². The van der Waals surface area contributed by atoms with Gasteiger partial charge in [0, 0.05) is 12.6 Å². The molecule has 0 aromatic heterocycles. The Kier molecular flexibility index (Phi) is 5.28. The second-order valence-electron chi connectivity index (χ2n) is 6.59. The van der Waals surface area contributed by atoms with Gasteiger partial charge in [0.2, 0.25) is 10.0 Å². The number of nitrogens with zero attached hydrogens (tertiary/aromatic N) is 2. The van der Waals surface area contributed by atoms with Gasteiger partial charge in [0.05, 0.1) is 18.0 Å². The van der Waals surface area contributed by atoms with Crippen LogP contribution in [0.3, 0.4) is 0 Å². The molecule has 3 N–H and O–H groups in total. The standard InChI is InChI=1S/C17H26N4O2S/c18-17(20-15-5-2-1-3-6-15)19-13-14-7-9-16(10-8-14)21-11-4-12-24(21,22)23/h7-10,15H,1-6,11-13H2,(H3,18,19,20). The first-order valence-corrected chi connectivity index (χ1v) is 10.3. The van der Waals surface area contributed by atoms with Gasteiger partial charge in [0.1, 0.15) is 0 Å². The number of benzene rings is 1. The fourth-order valence-electron chi connectivity index (χ4n) is 3.38. The molecule has 0 bridgehead atoms. The van der Waals surface area contributed by atoms with Crippen LogP contribution < -0.4 is 15.4 Å². The summed E-state index contributed by atoms with van der Waals surface area (Å²) in [5.74, 6) is 0.732. The third kappa shape index (κ3) is 4.20. The number of nitrogens with one attached hydrogen (secondary N) is 1. The molecule has 2 aliphatic rings. The van der Waals surface area contributed by atoms with E-state index in [9.17, 15) is 8.42 Å². The quantitative estimate of drug-likeness (QED) is 0.642. The van der Waals surface area contributed by atoms with Crippen LogP contribution in [0, 0.1) is 0 Å². The smallest absolute Gasteiger partial charge is 0.235 e. The Morgan fingerprint density at radius 2 is 1.88 bits per heavy atom. The van der Waals surface area contributed by atoms with Crippen LogP contribution in [-0.2, 0) is 16.6 Å². The first-order valence-electron chi connectivity index (χ1n) is 8.70. The van der Waals surface area contributed by atoms with Gasteiger partial charge < -0.3 is 11.1 Å². The number of sulfonamides is 1. The fourth-order valence-corrected chi connectivity index (χ4v) is 4.94. The Balaban J connectivity index is 1.57. The van der Waals surface area contributed by atoms with E-state index in [1.54, 1.807) is 0 Å². The van der Waals surface area contributed by atoms with Crippen molar-refractivity contribution >= 4 is 21.7 Å². The summed E-state index contributed by atoms with van der Waals surface area (Å²) in [6.45, 7) is 1.07. The van der Waals surface area contributed by atoms with Gasteiger partial charge in [-0.05, 0) is 37.0 Å². The van der Waals surface area contributed by atoms with Gasteiger partial charge in [0.25, 0.3) is 0 Å². The fraction of sp³-hybridized carbons (Fsp3) is 0.588. The van der Waals surface area contributed by atoms with Gasteiger partial charge in [-0.3, -0.25) is 4.31 Å². The van der Waals surface area contributed by atoms with Gasteiger partial charge in [-0.1, -0.05) is 31.4 Å². The van der Waals surface area contributed by atoms with Crippen molar-refractivity contribution < 1.29 is 8.42 Å². The zero-order valence-corrected chi connectivity index (χ0v) is 14.8. The average molecular weight is 350 g/mol. The summed E-state index contributed by atoms with van der Waals surface area (Å²) in [4.78, 5) is 4.40. The molecule has 0 atom stereocenters. The van der Waals surface area contributed by atoms with E-state index in [4.69, 9.17) is 5.73 Å². The molecule has 0 amide bonds. The highest BCUT2D eigenvalue weighted by molar-refractivity contribution is 7.93. The largest absolute Gasteiger partial charge is 0.370 e. The Morgan fingerprint density at radius 3 is 2.50 bits per heavy atom. The Morgan fingerprint density at radius 1 is 1.17 bits per heavy atom. The maximum absolute atomic E-state index is 11.9. The SMILES string of the molecule is NC(=NCc1ccc(N2CCCS2(=O)=O)cc1)NC1CCCCC1. The number of guanidine groups is 1. The Hall–Kier alpha value is -1.76. The third-order valence-electron chi connectivity index (χ3n) is 4.71. The van der Waals surface area contributed by atoms with E-state index in [0.717, 1.165) is 24.1 Å². The molecule has 1 saturated carbocycles. The summed E-state index contributed by atoms with van der Waals surface area (Å²) >= 11 is 0. The van der Waals surface area contributed by atoms with E-state index in [2.05, 4.69) is 10.3 Å². The maximum atomic E-state index is 11.9. The number of hydrogen-bond acceptors (Lipinski definition) is 3. The predicted octanol–water partition coefficient (Wildman–Crippen LogP) is 1.96. The molecule has 6 nitrogen and oxygen atoms in total. The van der Waals surface area contributed by atoms with Crippen molar-refractivity contribution in [3.05, 3.63) is 29.8 Å². The van der Waals surface area contributed by atoms with E-state index in [1.165, 1.54) is 23.6 Å². The molecular weight excluding hydrogens is 324 g/mol. The van der Waals surface area contributed by atoms with Crippen molar-refractivity contribution in [1.82, 2.24) is 5.32 Å². The number of rotatable bonds is 4. The van der Waals surface area contributed by atoms with Gasteiger partial charge in [-0.15, -0.1) is 0 Å². The van der Waals surface area contributed by atoms with E-state index in [0.29, 0.717) is 31.5 Å². The molecule has 1 saturated heterocycles. The highest BCUT2D eigenvalue weighted by Crippen LogP contribution is 2.24. The second kappa shape index (κ2) is 7.42. The molecule has 1 heterocycles. The van der Waals surface area contributed by atoms with Crippen LogP contribution in [0.25, 0.3) is 0 Å². The first-order chi connectivity index (χ1) is 11.5. The molecule has 7 heteroatoms. The lowest BCUT2D eigenvalue weighted by Crippen LogP contribution is -2.41. The lowest BCUT2D eigenvalue weighted by Gasteiger charge is -2.23. The van der Waals surface area contributed by atoms with E-state index < -0.39 is 10.0 Å². The van der Waals surface area contributed by atoms with Gasteiger partial charge in [0.15, 0.2) is 5.96 Å². The summed E-state index contributed by atoms with van der Waals surface area (Å²) in [5, 5.41) is 3.30. The van der Waals surface area contributed by atoms with Crippen LogP contribution >= 0.6 is 0 Å². The molecule has 1 aliphatic heterocycles. The molecule has 0 radical (unpaired) electrons. The molecule has 0 spiro atoms. The van der Waals surface area contributed by atoms with Crippen molar-refractivity contribution in [2.24, 2.45) is 10.7 Å². The van der Waals surface area contributed by atoms with Crippen LogP contribution in [0.4, 0.5) is 5.69 Å². The summed E-state index contributed by atoms with van der Waals surface area (Å²) in [6.07, 6.45) is 6.84. The molecule has 1 aromatic carbocycles. The number of aliphatic imine (C=N–C) groups is 1. The van der Waals surface area contributed by atoms with Crippen molar-refractivity contribution in [1.29, 1.82) is 0 Å². The van der Waals surface area contributed by atoms with Crippen LogP contribution in [-0.4, -0.2) is 32.7 Å². The lowest BCUT2D eigenvalue weighted by atomic mass is 9.96. The van der Waals surface area contributed by atoms with Crippen LogP contribution in [0.15, 0.2) is 29.3 Å². The molecule has 3 rings (SSSR count). The summed E-state index contributed by atoms with van der Waals surface area (Å²) < 4.78 is 25.3. The summed E-state index contributed by atoms with van der Waals surface area (Å²) in [6, 6.07) is 7.98. The number of hydrogen-bond donors (Lipinski definition) is 2. The van der Waals surface area contributed by atoms with Crippen molar-refractivity contribution in [2.45, 2.75) is 51.1 Å². The highest BCUT2D eigenvalue weighted by atomic mass is 32.2. The minimum absolute atomic E-state index is 0.239. The van der Waals surface area contributed by atoms with Gasteiger partial charge in [-0.25, -0.2) is 13.4 Å². The zero-order valence-electron chi connectivity index (χ0n) is 13.9. The number of nitrogens with two attached hydrogens (primary N) is 1. The lowest BCUT2D eigenvalue weighted by molar-refractivity contribution is 0.412. The van der Waals surface area contributed by atoms with Gasteiger partial charge in [-0.2, -0.15) is 0 Å². The Labute approximate surface area is 144 Å². The molecule has 1 aromatic rings. The average Bonchev–Trinajstić information content (AvgIpc) is 2.94. The van der Waals surface area contributed by atoms with E-state index >= 15 is 0 Å². The summed E-state index contributed by atoms with van der Waals surface area (Å²) in [7, 11) is -3.12.